The van der Waals surface area contributed by atoms with Crippen LogP contribution in [0.4, 0.5) is 5.69 Å². The second-order valence-corrected chi connectivity index (χ2v) is 5.13. The molecule has 0 unspecified atom stereocenters. The zero-order valence-electron chi connectivity index (χ0n) is 13.4. The van der Waals surface area contributed by atoms with Crippen LogP contribution in [0.3, 0.4) is 0 Å². The number of carbonyl (C=O) groups excluding carboxylic acids is 2. The van der Waals surface area contributed by atoms with Crippen LogP contribution in [-0.2, 0) is 4.79 Å². The van der Waals surface area contributed by atoms with Crippen molar-refractivity contribution in [2.45, 2.75) is 13.8 Å². The van der Waals surface area contributed by atoms with E-state index in [-0.39, 0.29) is 12.5 Å². The topological polar surface area (TPSA) is 64.6 Å². The van der Waals surface area contributed by atoms with Crippen molar-refractivity contribution >= 4 is 17.9 Å². The second-order valence-electron chi connectivity index (χ2n) is 5.13. The summed E-state index contributed by atoms with van der Waals surface area (Å²) < 4.78 is 10.5. The van der Waals surface area contributed by atoms with Crippen molar-refractivity contribution in [1.82, 2.24) is 0 Å². The minimum Gasteiger partial charge on any atom is -0.497 e. The summed E-state index contributed by atoms with van der Waals surface area (Å²) in [6, 6.07) is 10.6. The third-order valence-corrected chi connectivity index (χ3v) is 3.45. The largest absolute Gasteiger partial charge is 0.497 e. The number of nitrogens with one attached hydrogen (secondary N) is 1. The Bertz CT molecular complexity index is 705. The van der Waals surface area contributed by atoms with Gasteiger partial charge in [-0.1, -0.05) is 18.2 Å². The van der Waals surface area contributed by atoms with Crippen molar-refractivity contribution in [1.29, 1.82) is 0 Å². The number of benzene rings is 2. The van der Waals surface area contributed by atoms with Crippen molar-refractivity contribution in [3.63, 3.8) is 0 Å². The molecule has 0 bridgehead atoms. The van der Waals surface area contributed by atoms with E-state index in [1.54, 1.807) is 18.2 Å². The maximum absolute atomic E-state index is 12.1. The molecule has 1 N–H and O–H groups in total. The van der Waals surface area contributed by atoms with Crippen molar-refractivity contribution in [2.75, 3.05) is 19.0 Å². The molecule has 0 aliphatic rings. The van der Waals surface area contributed by atoms with E-state index in [9.17, 15) is 9.59 Å². The number of hydrogen-bond donors (Lipinski definition) is 1. The molecule has 0 radical (unpaired) electrons. The highest BCUT2D eigenvalue weighted by atomic mass is 16.5. The van der Waals surface area contributed by atoms with Gasteiger partial charge in [-0.05, 0) is 43.2 Å². The van der Waals surface area contributed by atoms with Crippen LogP contribution in [0.2, 0.25) is 0 Å². The highest BCUT2D eigenvalue weighted by molar-refractivity contribution is 5.93. The Balaban J connectivity index is 2.03. The molecular formula is C18H19NO4. The van der Waals surface area contributed by atoms with Gasteiger partial charge >= 0.3 is 0 Å². The molecule has 5 nitrogen and oxygen atoms in total. The van der Waals surface area contributed by atoms with Gasteiger partial charge in [-0.2, -0.15) is 0 Å². The van der Waals surface area contributed by atoms with E-state index in [2.05, 4.69) is 5.32 Å². The number of anilines is 1. The molecule has 0 saturated heterocycles. The lowest BCUT2D eigenvalue weighted by Gasteiger charge is -2.13. The lowest BCUT2D eigenvalue weighted by atomic mass is 10.1. The van der Waals surface area contributed by atoms with Crippen LogP contribution in [-0.4, -0.2) is 25.9 Å². The fraction of sp³-hybridized carbons (Fsp3) is 0.222. The van der Waals surface area contributed by atoms with Crippen LogP contribution < -0.4 is 14.8 Å². The van der Waals surface area contributed by atoms with E-state index in [1.807, 2.05) is 32.0 Å². The van der Waals surface area contributed by atoms with Gasteiger partial charge < -0.3 is 14.8 Å². The molecule has 2 aromatic carbocycles. The van der Waals surface area contributed by atoms with Gasteiger partial charge in [0, 0.05) is 5.69 Å². The third kappa shape index (κ3) is 4.10. The molecule has 0 saturated carbocycles. The van der Waals surface area contributed by atoms with Crippen LogP contribution in [0, 0.1) is 13.8 Å². The molecular weight excluding hydrogens is 294 g/mol. The van der Waals surface area contributed by atoms with E-state index in [0.717, 1.165) is 16.8 Å². The summed E-state index contributed by atoms with van der Waals surface area (Å²) >= 11 is 0. The van der Waals surface area contributed by atoms with Crippen molar-refractivity contribution in [3.8, 4) is 11.5 Å². The predicted octanol–water partition coefficient (Wildman–Crippen LogP) is 3.14. The maximum atomic E-state index is 12.1. The Labute approximate surface area is 135 Å². The summed E-state index contributed by atoms with van der Waals surface area (Å²) in [6.07, 6.45) is 0.668. The Morgan fingerprint density at radius 2 is 1.87 bits per heavy atom. The first-order valence-electron chi connectivity index (χ1n) is 7.17. The Morgan fingerprint density at radius 3 is 2.48 bits per heavy atom. The monoisotopic (exact) mass is 313 g/mol. The van der Waals surface area contributed by atoms with Crippen LogP contribution >= 0.6 is 0 Å². The second kappa shape index (κ2) is 7.45. The number of rotatable bonds is 6. The zero-order valence-corrected chi connectivity index (χ0v) is 13.4. The molecule has 5 heteroatoms. The fourth-order valence-electron chi connectivity index (χ4n) is 2.21. The van der Waals surface area contributed by atoms with E-state index in [1.165, 1.54) is 7.11 Å². The number of carbonyl (C=O) groups is 2. The maximum Gasteiger partial charge on any atom is 0.262 e. The highest BCUT2D eigenvalue weighted by Crippen LogP contribution is 2.23. The first-order chi connectivity index (χ1) is 11.0. The van der Waals surface area contributed by atoms with Gasteiger partial charge in [-0.15, -0.1) is 0 Å². The molecule has 120 valence electrons. The Kier molecular flexibility index (Phi) is 5.36. The van der Waals surface area contributed by atoms with Gasteiger partial charge in [-0.3, -0.25) is 9.59 Å². The quantitative estimate of drug-likeness (QED) is 0.832. The van der Waals surface area contributed by atoms with Gasteiger partial charge in [0.05, 0.1) is 12.7 Å². The number of hydrogen-bond acceptors (Lipinski definition) is 4. The number of amides is 1. The molecule has 2 aromatic rings. The molecule has 1 amide bonds. The molecule has 23 heavy (non-hydrogen) atoms. The van der Waals surface area contributed by atoms with Crippen molar-refractivity contribution < 1.29 is 19.1 Å². The van der Waals surface area contributed by atoms with E-state index in [4.69, 9.17) is 9.47 Å². The molecule has 0 heterocycles. The lowest BCUT2D eigenvalue weighted by Crippen LogP contribution is -2.21. The number of para-hydroxylation sites is 1. The number of methoxy groups -OCH3 is 1. The van der Waals surface area contributed by atoms with E-state index in [0.29, 0.717) is 23.3 Å². The van der Waals surface area contributed by atoms with Gasteiger partial charge in [0.15, 0.2) is 12.9 Å². The van der Waals surface area contributed by atoms with Crippen LogP contribution in [0.15, 0.2) is 36.4 Å². The molecule has 0 aliphatic carbocycles. The van der Waals surface area contributed by atoms with E-state index >= 15 is 0 Å². The first kappa shape index (κ1) is 16.5. The summed E-state index contributed by atoms with van der Waals surface area (Å²) in [5, 5.41) is 2.83. The summed E-state index contributed by atoms with van der Waals surface area (Å²) in [5.41, 5.74) is 3.09. The minimum atomic E-state index is -0.282. The molecule has 0 atom stereocenters. The SMILES string of the molecule is COc1ccc(OCC(=O)Nc2c(C)cccc2C)c(C=O)c1. The standard InChI is InChI=1S/C18H19NO4/c1-12-5-4-6-13(2)18(12)19-17(21)11-23-16-8-7-15(22-3)9-14(16)10-20/h4-10H,11H2,1-3H3,(H,19,21). The van der Waals surface area contributed by atoms with Gasteiger partial charge in [-0.25, -0.2) is 0 Å². The lowest BCUT2D eigenvalue weighted by molar-refractivity contribution is -0.118. The third-order valence-electron chi connectivity index (χ3n) is 3.45. The van der Waals surface area contributed by atoms with Crippen molar-refractivity contribution in [3.05, 3.63) is 53.1 Å². The number of ether oxygens (including phenoxy) is 2. The first-order valence-corrected chi connectivity index (χ1v) is 7.17. The molecule has 0 aliphatic heterocycles. The Hall–Kier alpha value is -2.82. The highest BCUT2D eigenvalue weighted by Gasteiger charge is 2.10. The summed E-state index contributed by atoms with van der Waals surface area (Å²) in [7, 11) is 1.52. The Morgan fingerprint density at radius 1 is 1.17 bits per heavy atom. The van der Waals surface area contributed by atoms with Gasteiger partial charge in [0.2, 0.25) is 0 Å². The van der Waals surface area contributed by atoms with Crippen LogP contribution in [0.5, 0.6) is 11.5 Å². The summed E-state index contributed by atoms with van der Waals surface area (Å²) in [5.74, 6) is 0.618. The predicted molar refractivity (Wildman–Crippen MR) is 88.4 cm³/mol. The number of aldehydes is 1. The normalized spacial score (nSPS) is 10.0. The molecule has 0 aromatic heterocycles. The van der Waals surface area contributed by atoms with Crippen LogP contribution in [0.1, 0.15) is 21.5 Å². The average molecular weight is 313 g/mol. The van der Waals surface area contributed by atoms with Crippen LogP contribution in [0.25, 0.3) is 0 Å². The fourth-order valence-corrected chi connectivity index (χ4v) is 2.21. The smallest absolute Gasteiger partial charge is 0.262 e. The summed E-state index contributed by atoms with van der Waals surface area (Å²) in [6.45, 7) is 3.68. The van der Waals surface area contributed by atoms with Gasteiger partial charge in [0.25, 0.3) is 5.91 Å². The average Bonchev–Trinajstić information content (AvgIpc) is 2.56. The molecule has 0 spiro atoms. The zero-order chi connectivity index (χ0) is 16.8. The van der Waals surface area contributed by atoms with Gasteiger partial charge in [0.1, 0.15) is 11.5 Å². The van der Waals surface area contributed by atoms with Crippen molar-refractivity contribution in [2.24, 2.45) is 0 Å². The molecule has 2 rings (SSSR count). The molecule has 0 fully saturated rings. The van der Waals surface area contributed by atoms with E-state index < -0.39 is 0 Å². The number of aryl methyl sites for hydroxylation is 2. The minimum absolute atomic E-state index is 0.180. The summed E-state index contributed by atoms with van der Waals surface area (Å²) in [4.78, 5) is 23.1.